The fraction of sp³-hybridized carbons (Fsp3) is 0.429. The molecule has 3 N–H and O–H groups in total. The van der Waals surface area contributed by atoms with E-state index < -0.39 is 11.4 Å². The molecule has 0 aromatic carbocycles. The number of carbonyl (C=O) groups excluding carboxylic acids is 2. The maximum absolute atomic E-state index is 11.7. The van der Waals surface area contributed by atoms with Gasteiger partial charge in [-0.1, -0.05) is 20.8 Å². The number of pyridine rings is 1. The molecule has 0 atom stereocenters. The summed E-state index contributed by atoms with van der Waals surface area (Å²) in [5.74, 6) is -1.61. The predicted molar refractivity (Wildman–Crippen MR) is 76.9 cm³/mol. The molecule has 0 aliphatic rings. The van der Waals surface area contributed by atoms with Crippen LogP contribution >= 0.6 is 0 Å². The van der Waals surface area contributed by atoms with Gasteiger partial charge >= 0.3 is 5.97 Å². The van der Waals surface area contributed by atoms with Crippen molar-refractivity contribution < 1.29 is 19.5 Å². The molecule has 0 fully saturated rings. The number of amides is 2. The molecule has 0 aliphatic carbocycles. The van der Waals surface area contributed by atoms with Gasteiger partial charge in [0, 0.05) is 30.3 Å². The monoisotopic (exact) mass is 293 g/mol. The van der Waals surface area contributed by atoms with E-state index in [-0.39, 0.29) is 30.5 Å². The van der Waals surface area contributed by atoms with E-state index in [1.54, 1.807) is 20.8 Å². The van der Waals surface area contributed by atoms with Gasteiger partial charge in [-0.25, -0.2) is 9.78 Å². The molecular formula is C14H19N3O4. The van der Waals surface area contributed by atoms with Crippen LogP contribution in [0.25, 0.3) is 0 Å². The average molecular weight is 293 g/mol. The molecule has 1 heterocycles. The lowest BCUT2D eigenvalue weighted by molar-refractivity contribution is -0.128. The summed E-state index contributed by atoms with van der Waals surface area (Å²) in [6.45, 7) is 5.57. The van der Waals surface area contributed by atoms with Gasteiger partial charge in [0.1, 0.15) is 5.69 Å². The van der Waals surface area contributed by atoms with Crippen molar-refractivity contribution in [2.45, 2.75) is 27.2 Å². The quantitative estimate of drug-likeness (QED) is 0.757. The first kappa shape index (κ1) is 16.6. The van der Waals surface area contributed by atoms with Crippen molar-refractivity contribution in [1.29, 1.82) is 0 Å². The van der Waals surface area contributed by atoms with Crippen LogP contribution in [-0.4, -0.2) is 34.4 Å². The molecule has 2 amide bonds. The Hall–Kier alpha value is -2.44. The van der Waals surface area contributed by atoms with Crippen LogP contribution in [-0.2, 0) is 9.59 Å². The molecule has 0 bridgehead atoms. The molecule has 1 aromatic heterocycles. The second-order valence-corrected chi connectivity index (χ2v) is 5.54. The third kappa shape index (κ3) is 5.60. The zero-order valence-electron chi connectivity index (χ0n) is 12.3. The first-order valence-corrected chi connectivity index (χ1v) is 6.47. The molecule has 0 saturated carbocycles. The fourth-order valence-electron chi connectivity index (χ4n) is 1.40. The van der Waals surface area contributed by atoms with Gasteiger partial charge in [0.15, 0.2) is 0 Å². The average Bonchev–Trinajstić information content (AvgIpc) is 2.37. The van der Waals surface area contributed by atoms with Crippen LogP contribution in [0.2, 0.25) is 0 Å². The summed E-state index contributed by atoms with van der Waals surface area (Å²) in [6, 6.07) is 2.77. The van der Waals surface area contributed by atoms with Crippen molar-refractivity contribution in [1.82, 2.24) is 10.3 Å². The standard InChI is InChI=1S/C14H19N3O4/c1-14(2,3)13(21)16-7-5-11(18)17-9-4-6-15-10(8-9)12(19)20/h4,6,8H,5,7H2,1-3H3,(H,16,21)(H,19,20)(H,15,17,18). The van der Waals surface area contributed by atoms with Crippen LogP contribution in [0.3, 0.4) is 0 Å². The molecule has 7 heteroatoms. The molecule has 114 valence electrons. The van der Waals surface area contributed by atoms with Gasteiger partial charge in [-0.3, -0.25) is 9.59 Å². The Kier molecular flexibility index (Phi) is 5.40. The molecule has 0 aliphatic heterocycles. The summed E-state index contributed by atoms with van der Waals surface area (Å²) in [5.41, 5.74) is -0.291. The Labute approximate surface area is 122 Å². The summed E-state index contributed by atoms with van der Waals surface area (Å²) < 4.78 is 0. The van der Waals surface area contributed by atoms with Gasteiger partial charge in [-0.2, -0.15) is 0 Å². The van der Waals surface area contributed by atoms with Crippen LogP contribution in [0.1, 0.15) is 37.7 Å². The van der Waals surface area contributed by atoms with E-state index in [0.29, 0.717) is 5.69 Å². The smallest absolute Gasteiger partial charge is 0.354 e. The summed E-state index contributed by atoms with van der Waals surface area (Å²) in [5, 5.41) is 14.0. The topological polar surface area (TPSA) is 108 Å². The van der Waals surface area contributed by atoms with E-state index in [2.05, 4.69) is 15.6 Å². The van der Waals surface area contributed by atoms with Crippen LogP contribution < -0.4 is 10.6 Å². The largest absolute Gasteiger partial charge is 0.477 e. The van der Waals surface area contributed by atoms with Crippen molar-refractivity contribution in [3.05, 3.63) is 24.0 Å². The summed E-state index contributed by atoms with van der Waals surface area (Å²) in [6.07, 6.45) is 1.41. The normalized spacial score (nSPS) is 10.8. The maximum Gasteiger partial charge on any atom is 0.354 e. The molecule has 21 heavy (non-hydrogen) atoms. The number of rotatable bonds is 5. The lowest BCUT2D eigenvalue weighted by Crippen LogP contribution is -2.36. The van der Waals surface area contributed by atoms with E-state index in [9.17, 15) is 14.4 Å². The molecule has 0 saturated heterocycles. The number of nitrogens with zero attached hydrogens (tertiary/aromatic N) is 1. The van der Waals surface area contributed by atoms with Crippen molar-refractivity contribution in [3.63, 3.8) is 0 Å². The zero-order chi connectivity index (χ0) is 16.0. The predicted octanol–water partition coefficient (Wildman–Crippen LogP) is 1.27. The van der Waals surface area contributed by atoms with E-state index in [1.165, 1.54) is 18.3 Å². The number of aromatic carboxylic acids is 1. The highest BCUT2D eigenvalue weighted by Crippen LogP contribution is 2.12. The third-order valence-electron chi connectivity index (χ3n) is 2.58. The molecule has 0 radical (unpaired) electrons. The molecule has 1 rings (SSSR count). The molecule has 7 nitrogen and oxygen atoms in total. The Morgan fingerprint density at radius 3 is 2.52 bits per heavy atom. The number of anilines is 1. The maximum atomic E-state index is 11.7. The lowest BCUT2D eigenvalue weighted by atomic mass is 9.96. The van der Waals surface area contributed by atoms with Crippen molar-refractivity contribution >= 4 is 23.5 Å². The van der Waals surface area contributed by atoms with Crippen LogP contribution in [0, 0.1) is 5.41 Å². The van der Waals surface area contributed by atoms with E-state index in [4.69, 9.17) is 5.11 Å². The van der Waals surface area contributed by atoms with Crippen LogP contribution in [0.5, 0.6) is 0 Å². The van der Waals surface area contributed by atoms with Crippen molar-refractivity contribution in [2.24, 2.45) is 5.41 Å². The van der Waals surface area contributed by atoms with Crippen molar-refractivity contribution in [2.75, 3.05) is 11.9 Å². The number of carboxylic acid groups (broad SMARTS) is 1. The van der Waals surface area contributed by atoms with Gasteiger partial charge in [-0.05, 0) is 12.1 Å². The molecule has 0 spiro atoms. The van der Waals surface area contributed by atoms with Gasteiger partial charge in [0.25, 0.3) is 0 Å². The lowest BCUT2D eigenvalue weighted by Gasteiger charge is -2.17. The second-order valence-electron chi connectivity index (χ2n) is 5.54. The highest BCUT2D eigenvalue weighted by atomic mass is 16.4. The van der Waals surface area contributed by atoms with Gasteiger partial charge in [-0.15, -0.1) is 0 Å². The molecule has 0 unspecified atom stereocenters. The Morgan fingerprint density at radius 1 is 1.29 bits per heavy atom. The van der Waals surface area contributed by atoms with Crippen LogP contribution in [0.4, 0.5) is 5.69 Å². The summed E-state index contributed by atoms with van der Waals surface area (Å²) in [4.78, 5) is 37.7. The Balaban J connectivity index is 2.46. The number of carboxylic acids is 1. The molecule has 1 aromatic rings. The second kappa shape index (κ2) is 6.83. The first-order chi connectivity index (χ1) is 9.70. The first-order valence-electron chi connectivity index (χ1n) is 6.47. The highest BCUT2D eigenvalue weighted by Gasteiger charge is 2.20. The highest BCUT2D eigenvalue weighted by molar-refractivity contribution is 5.93. The van der Waals surface area contributed by atoms with Gasteiger partial charge in [0.05, 0.1) is 0 Å². The van der Waals surface area contributed by atoms with E-state index in [1.807, 2.05) is 0 Å². The van der Waals surface area contributed by atoms with E-state index in [0.717, 1.165) is 0 Å². The number of hydrogen-bond donors (Lipinski definition) is 3. The Bertz CT molecular complexity index is 549. The minimum atomic E-state index is -1.16. The van der Waals surface area contributed by atoms with E-state index >= 15 is 0 Å². The minimum absolute atomic E-state index is 0.104. The number of hydrogen-bond acceptors (Lipinski definition) is 4. The summed E-state index contributed by atoms with van der Waals surface area (Å²) >= 11 is 0. The number of nitrogens with one attached hydrogen (secondary N) is 2. The van der Waals surface area contributed by atoms with Crippen molar-refractivity contribution in [3.8, 4) is 0 Å². The number of carbonyl (C=O) groups is 3. The Morgan fingerprint density at radius 2 is 1.95 bits per heavy atom. The van der Waals surface area contributed by atoms with Crippen LogP contribution in [0.15, 0.2) is 18.3 Å². The number of aromatic nitrogens is 1. The zero-order valence-corrected chi connectivity index (χ0v) is 12.3. The third-order valence-corrected chi connectivity index (χ3v) is 2.58. The molecular weight excluding hydrogens is 274 g/mol. The SMILES string of the molecule is CC(C)(C)C(=O)NCCC(=O)Nc1ccnc(C(=O)O)c1. The summed E-state index contributed by atoms with van der Waals surface area (Å²) in [7, 11) is 0. The minimum Gasteiger partial charge on any atom is -0.477 e. The van der Waals surface area contributed by atoms with Gasteiger partial charge < -0.3 is 15.7 Å². The van der Waals surface area contributed by atoms with Gasteiger partial charge in [0.2, 0.25) is 11.8 Å². The fourth-order valence-corrected chi connectivity index (χ4v) is 1.40.